The number of hydrogen-bond donors (Lipinski definition) is 1. The van der Waals surface area contributed by atoms with Gasteiger partial charge in [0.25, 0.3) is 5.91 Å². The number of benzene rings is 1. The summed E-state index contributed by atoms with van der Waals surface area (Å²) in [6.45, 7) is 1.93. The smallest absolute Gasteiger partial charge is 0.267 e. The highest BCUT2D eigenvalue weighted by atomic mass is 35.5. The van der Waals surface area contributed by atoms with Crippen LogP contribution >= 0.6 is 34.3 Å². The third kappa shape index (κ3) is 3.38. The van der Waals surface area contributed by atoms with Crippen LogP contribution in [0.15, 0.2) is 41.9 Å². The molecule has 0 unspecified atom stereocenters. The van der Waals surface area contributed by atoms with Gasteiger partial charge in [-0.3, -0.25) is 10.1 Å². The maximum absolute atomic E-state index is 12.2. The van der Waals surface area contributed by atoms with Crippen LogP contribution < -0.4 is 5.32 Å². The zero-order valence-electron chi connectivity index (χ0n) is 11.8. The number of nitrogens with zero attached hydrogens (tertiary/aromatic N) is 1. The molecular formula is C16H13ClN2OS2. The molecule has 22 heavy (non-hydrogen) atoms. The second kappa shape index (κ2) is 6.60. The van der Waals surface area contributed by atoms with Crippen molar-refractivity contribution in [2.45, 2.75) is 13.3 Å². The van der Waals surface area contributed by atoms with Gasteiger partial charge in [-0.05, 0) is 35.6 Å². The Morgan fingerprint density at radius 1 is 1.32 bits per heavy atom. The van der Waals surface area contributed by atoms with Gasteiger partial charge in [0.2, 0.25) is 0 Å². The van der Waals surface area contributed by atoms with Crippen molar-refractivity contribution in [3.63, 3.8) is 0 Å². The van der Waals surface area contributed by atoms with E-state index in [0.717, 1.165) is 25.9 Å². The van der Waals surface area contributed by atoms with Gasteiger partial charge in [-0.1, -0.05) is 29.8 Å². The van der Waals surface area contributed by atoms with Gasteiger partial charge in [-0.25, -0.2) is 4.98 Å². The Morgan fingerprint density at radius 3 is 2.86 bits per heavy atom. The highest BCUT2D eigenvalue weighted by molar-refractivity contribution is 7.16. The Morgan fingerprint density at radius 2 is 2.14 bits per heavy atom. The van der Waals surface area contributed by atoms with Crippen LogP contribution in [0.1, 0.15) is 25.7 Å². The molecule has 0 fully saturated rings. The van der Waals surface area contributed by atoms with E-state index in [1.54, 1.807) is 6.20 Å². The largest absolute Gasteiger partial charge is 0.297 e. The van der Waals surface area contributed by atoms with Crippen molar-refractivity contribution < 1.29 is 4.79 Å². The Kier molecular flexibility index (Phi) is 4.57. The molecule has 3 nitrogen and oxygen atoms in total. The number of carbonyl (C=O) groups excluding carboxylic acids is 1. The summed E-state index contributed by atoms with van der Waals surface area (Å²) in [5, 5.41) is 6.12. The number of aromatic nitrogens is 1. The minimum absolute atomic E-state index is 0.105. The molecule has 0 spiro atoms. The number of nitrogens with one attached hydrogen (secondary N) is 1. The number of hydrogen-bond acceptors (Lipinski definition) is 4. The predicted molar refractivity (Wildman–Crippen MR) is 93.4 cm³/mol. The van der Waals surface area contributed by atoms with Gasteiger partial charge in [-0.15, -0.1) is 22.7 Å². The van der Waals surface area contributed by atoms with E-state index in [9.17, 15) is 4.79 Å². The van der Waals surface area contributed by atoms with Crippen molar-refractivity contribution in [3.05, 3.63) is 67.8 Å². The average molecular weight is 349 g/mol. The van der Waals surface area contributed by atoms with E-state index in [0.29, 0.717) is 11.6 Å². The molecule has 0 saturated heterocycles. The fourth-order valence-corrected chi connectivity index (χ4v) is 3.89. The lowest BCUT2D eigenvalue weighted by Crippen LogP contribution is -2.10. The lowest BCUT2D eigenvalue weighted by atomic mass is 10.1. The zero-order valence-corrected chi connectivity index (χ0v) is 14.2. The number of halogens is 1. The third-order valence-corrected chi connectivity index (χ3v) is 5.46. The van der Waals surface area contributed by atoms with Gasteiger partial charge in [0.15, 0.2) is 5.13 Å². The first-order chi connectivity index (χ1) is 10.6. The fourth-order valence-electron chi connectivity index (χ4n) is 2.04. The standard InChI is InChI=1S/C16H13ClN2OS2/c1-10-6-7-21-14(10)15(20)19-16-18-9-12(22-16)8-11-4-2-3-5-13(11)17/h2-7,9H,8H2,1H3,(H,18,19,20). The molecule has 0 aliphatic heterocycles. The molecule has 1 aromatic carbocycles. The van der Waals surface area contributed by atoms with Gasteiger partial charge in [0.1, 0.15) is 0 Å². The zero-order chi connectivity index (χ0) is 15.5. The van der Waals surface area contributed by atoms with Crippen molar-refractivity contribution in [3.8, 4) is 0 Å². The Hall–Kier alpha value is -1.69. The molecular weight excluding hydrogens is 336 g/mol. The lowest BCUT2D eigenvalue weighted by Gasteiger charge is -2.01. The van der Waals surface area contributed by atoms with E-state index >= 15 is 0 Å². The summed E-state index contributed by atoms with van der Waals surface area (Å²) in [6.07, 6.45) is 2.50. The molecule has 0 aliphatic carbocycles. The topological polar surface area (TPSA) is 42.0 Å². The second-order valence-electron chi connectivity index (χ2n) is 4.79. The van der Waals surface area contributed by atoms with Crippen LogP contribution in [0.3, 0.4) is 0 Å². The van der Waals surface area contributed by atoms with Crippen LogP contribution in [0.4, 0.5) is 5.13 Å². The number of amides is 1. The number of thiazole rings is 1. The van der Waals surface area contributed by atoms with Crippen LogP contribution in [0.2, 0.25) is 5.02 Å². The van der Waals surface area contributed by atoms with Gasteiger partial charge >= 0.3 is 0 Å². The molecule has 0 saturated carbocycles. The lowest BCUT2D eigenvalue weighted by molar-refractivity contribution is 0.103. The number of anilines is 1. The van der Waals surface area contributed by atoms with Gasteiger partial charge in [0.05, 0.1) is 4.88 Å². The number of rotatable bonds is 4. The predicted octanol–water partition coefficient (Wildman–Crippen LogP) is 5.01. The van der Waals surface area contributed by atoms with Gasteiger partial charge in [-0.2, -0.15) is 0 Å². The van der Waals surface area contributed by atoms with Crippen molar-refractivity contribution >= 4 is 45.3 Å². The molecule has 0 bridgehead atoms. The van der Waals surface area contributed by atoms with E-state index < -0.39 is 0 Å². The summed E-state index contributed by atoms with van der Waals surface area (Å²) in [5.74, 6) is -0.105. The second-order valence-corrected chi connectivity index (χ2v) is 7.23. The third-order valence-electron chi connectivity index (χ3n) is 3.16. The van der Waals surface area contributed by atoms with Crippen LogP contribution in [-0.4, -0.2) is 10.9 Å². The van der Waals surface area contributed by atoms with Gasteiger partial charge in [0, 0.05) is 22.5 Å². The average Bonchev–Trinajstić information content (AvgIpc) is 3.10. The molecule has 2 heterocycles. The molecule has 0 aliphatic rings. The molecule has 2 aromatic heterocycles. The summed E-state index contributed by atoms with van der Waals surface area (Å²) >= 11 is 9.07. The van der Waals surface area contributed by atoms with E-state index in [1.807, 2.05) is 42.6 Å². The summed E-state index contributed by atoms with van der Waals surface area (Å²) in [5.41, 5.74) is 2.04. The van der Waals surface area contributed by atoms with E-state index in [2.05, 4.69) is 10.3 Å². The first-order valence-electron chi connectivity index (χ1n) is 6.67. The molecule has 3 rings (SSSR count). The molecule has 1 N–H and O–H groups in total. The summed E-state index contributed by atoms with van der Waals surface area (Å²) in [6, 6.07) is 9.68. The van der Waals surface area contributed by atoms with Crippen LogP contribution in [0, 0.1) is 6.92 Å². The highest BCUT2D eigenvalue weighted by Crippen LogP contribution is 2.25. The minimum Gasteiger partial charge on any atom is -0.297 e. The molecule has 1 amide bonds. The van der Waals surface area contributed by atoms with E-state index in [-0.39, 0.29) is 5.91 Å². The molecule has 112 valence electrons. The monoisotopic (exact) mass is 348 g/mol. The molecule has 3 aromatic rings. The molecule has 0 atom stereocenters. The quantitative estimate of drug-likeness (QED) is 0.720. The van der Waals surface area contributed by atoms with Crippen molar-refractivity contribution in [2.24, 2.45) is 0 Å². The van der Waals surface area contributed by atoms with Crippen LogP contribution in [-0.2, 0) is 6.42 Å². The van der Waals surface area contributed by atoms with Crippen molar-refractivity contribution in [2.75, 3.05) is 5.32 Å². The van der Waals surface area contributed by atoms with Gasteiger partial charge < -0.3 is 0 Å². The Labute approximate surface area is 141 Å². The van der Waals surface area contributed by atoms with Crippen molar-refractivity contribution in [1.29, 1.82) is 0 Å². The molecule has 0 radical (unpaired) electrons. The van der Waals surface area contributed by atoms with Crippen LogP contribution in [0.25, 0.3) is 0 Å². The first kappa shape index (κ1) is 15.2. The SMILES string of the molecule is Cc1ccsc1C(=O)Nc1ncc(Cc2ccccc2Cl)s1. The minimum atomic E-state index is -0.105. The number of carbonyl (C=O) groups is 1. The Bertz CT molecular complexity index is 810. The van der Waals surface area contributed by atoms with E-state index in [1.165, 1.54) is 22.7 Å². The Balaban J connectivity index is 1.70. The first-order valence-corrected chi connectivity index (χ1v) is 8.74. The summed E-state index contributed by atoms with van der Waals surface area (Å²) < 4.78 is 0. The summed E-state index contributed by atoms with van der Waals surface area (Å²) in [7, 11) is 0. The number of thiophene rings is 1. The van der Waals surface area contributed by atoms with Crippen LogP contribution in [0.5, 0.6) is 0 Å². The highest BCUT2D eigenvalue weighted by Gasteiger charge is 2.13. The number of aryl methyl sites for hydroxylation is 1. The maximum atomic E-state index is 12.2. The maximum Gasteiger partial charge on any atom is 0.267 e. The molecule has 6 heteroatoms. The normalized spacial score (nSPS) is 10.6. The summed E-state index contributed by atoms with van der Waals surface area (Å²) in [4.78, 5) is 18.2. The van der Waals surface area contributed by atoms with E-state index in [4.69, 9.17) is 11.6 Å². The van der Waals surface area contributed by atoms with Crippen molar-refractivity contribution in [1.82, 2.24) is 4.98 Å². The fraction of sp³-hybridized carbons (Fsp3) is 0.125.